The molecule has 1 amide bonds. The molecule has 4 heteroatoms. The Morgan fingerprint density at radius 2 is 1.95 bits per heavy atom. The van der Waals surface area contributed by atoms with Gasteiger partial charge in [-0.1, -0.05) is 37.6 Å². The first-order valence-corrected chi connectivity index (χ1v) is 7.77. The molecule has 0 radical (unpaired) electrons. The van der Waals surface area contributed by atoms with Crippen LogP contribution in [0.1, 0.15) is 32.3 Å². The summed E-state index contributed by atoms with van der Waals surface area (Å²) in [6.45, 7) is 7.40. The third-order valence-corrected chi connectivity index (χ3v) is 3.31. The van der Waals surface area contributed by atoms with Crippen LogP contribution in [0.15, 0.2) is 24.3 Å². The summed E-state index contributed by atoms with van der Waals surface area (Å²) in [5.41, 5.74) is 1.15. The molecule has 0 aliphatic carbocycles. The highest BCUT2D eigenvalue weighted by Crippen LogP contribution is 2.10. The van der Waals surface area contributed by atoms with E-state index in [0.717, 1.165) is 42.9 Å². The lowest BCUT2D eigenvalue weighted by molar-refractivity contribution is -0.122. The second kappa shape index (κ2) is 9.78. The van der Waals surface area contributed by atoms with E-state index in [-0.39, 0.29) is 5.91 Å². The van der Waals surface area contributed by atoms with Gasteiger partial charge in [0.15, 0.2) is 0 Å². The van der Waals surface area contributed by atoms with Crippen molar-refractivity contribution < 1.29 is 4.79 Å². The highest BCUT2D eigenvalue weighted by Gasteiger charge is 2.08. The van der Waals surface area contributed by atoms with E-state index in [0.29, 0.717) is 13.1 Å². The summed E-state index contributed by atoms with van der Waals surface area (Å²) in [5.74, 6) is 0.105. The average molecular weight is 297 g/mol. The number of benzene rings is 1. The fraction of sp³-hybridized carbons (Fsp3) is 0.562. The van der Waals surface area contributed by atoms with Crippen molar-refractivity contribution in [2.75, 3.05) is 26.2 Å². The van der Waals surface area contributed by atoms with Crippen LogP contribution in [-0.4, -0.2) is 37.0 Å². The normalized spacial score (nSPS) is 10.8. The van der Waals surface area contributed by atoms with Gasteiger partial charge in [-0.25, -0.2) is 0 Å². The number of halogens is 1. The van der Waals surface area contributed by atoms with Crippen molar-refractivity contribution in [3.8, 4) is 0 Å². The predicted octanol–water partition coefficient (Wildman–Crippen LogP) is 3.12. The fourth-order valence-corrected chi connectivity index (χ4v) is 2.41. The van der Waals surface area contributed by atoms with Crippen LogP contribution in [0, 0.1) is 0 Å². The molecule has 0 saturated heterocycles. The summed E-state index contributed by atoms with van der Waals surface area (Å²) in [6.07, 6.45) is 2.97. The summed E-state index contributed by atoms with van der Waals surface area (Å²) < 4.78 is 0. The maximum absolute atomic E-state index is 11.9. The molecule has 1 N–H and O–H groups in total. The van der Waals surface area contributed by atoms with Gasteiger partial charge in [0.05, 0.1) is 6.54 Å². The van der Waals surface area contributed by atoms with E-state index in [1.807, 2.05) is 24.3 Å². The lowest BCUT2D eigenvalue weighted by Crippen LogP contribution is -2.38. The average Bonchev–Trinajstić information content (AvgIpc) is 2.39. The van der Waals surface area contributed by atoms with Crippen LogP contribution >= 0.6 is 11.6 Å². The van der Waals surface area contributed by atoms with Crippen LogP contribution in [-0.2, 0) is 11.2 Å². The smallest absolute Gasteiger partial charge is 0.234 e. The van der Waals surface area contributed by atoms with Gasteiger partial charge in [0.25, 0.3) is 0 Å². The summed E-state index contributed by atoms with van der Waals surface area (Å²) >= 11 is 5.93. The van der Waals surface area contributed by atoms with Gasteiger partial charge in [0, 0.05) is 11.6 Å². The Balaban J connectivity index is 2.28. The monoisotopic (exact) mass is 296 g/mol. The highest BCUT2D eigenvalue weighted by atomic mass is 35.5. The van der Waals surface area contributed by atoms with E-state index >= 15 is 0 Å². The molecule has 112 valence electrons. The summed E-state index contributed by atoms with van der Waals surface area (Å²) in [6, 6.07) is 7.76. The molecule has 0 unspecified atom stereocenters. The Hall–Kier alpha value is -1.06. The van der Waals surface area contributed by atoms with Crippen LogP contribution in [0.5, 0.6) is 0 Å². The Morgan fingerprint density at radius 3 is 2.55 bits per heavy atom. The van der Waals surface area contributed by atoms with Gasteiger partial charge in [-0.3, -0.25) is 9.69 Å². The van der Waals surface area contributed by atoms with E-state index in [2.05, 4.69) is 24.1 Å². The minimum absolute atomic E-state index is 0.105. The van der Waals surface area contributed by atoms with Gasteiger partial charge in [-0.2, -0.15) is 0 Å². The molecule has 0 spiro atoms. The highest BCUT2D eigenvalue weighted by molar-refractivity contribution is 6.30. The van der Waals surface area contributed by atoms with E-state index in [1.54, 1.807) is 0 Å². The number of hydrogen-bond acceptors (Lipinski definition) is 2. The van der Waals surface area contributed by atoms with Gasteiger partial charge in [-0.15, -0.1) is 0 Å². The van der Waals surface area contributed by atoms with Crippen LogP contribution in [0.4, 0.5) is 0 Å². The van der Waals surface area contributed by atoms with Crippen molar-refractivity contribution in [3.05, 3.63) is 34.9 Å². The number of amides is 1. The maximum Gasteiger partial charge on any atom is 0.234 e. The fourth-order valence-electron chi connectivity index (χ4n) is 2.20. The van der Waals surface area contributed by atoms with E-state index in [1.165, 1.54) is 0 Å². The molecule has 3 nitrogen and oxygen atoms in total. The standard InChI is InChI=1S/C16H25ClN2O/c1-3-10-19(11-4-2)13-16(20)18-9-8-14-6-5-7-15(17)12-14/h5-7,12H,3-4,8-11,13H2,1-2H3,(H,18,20). The topological polar surface area (TPSA) is 32.3 Å². The van der Waals surface area contributed by atoms with Gasteiger partial charge in [0.2, 0.25) is 5.91 Å². The molecule has 0 aromatic heterocycles. The van der Waals surface area contributed by atoms with Crippen LogP contribution in [0.2, 0.25) is 5.02 Å². The van der Waals surface area contributed by atoms with Crippen molar-refractivity contribution in [2.45, 2.75) is 33.1 Å². The molecule has 0 bridgehead atoms. The first-order chi connectivity index (χ1) is 9.65. The lowest BCUT2D eigenvalue weighted by atomic mass is 10.1. The second-order valence-electron chi connectivity index (χ2n) is 5.01. The van der Waals surface area contributed by atoms with Crippen LogP contribution in [0.25, 0.3) is 0 Å². The summed E-state index contributed by atoms with van der Waals surface area (Å²) in [4.78, 5) is 14.1. The molecule has 1 rings (SSSR count). The van der Waals surface area contributed by atoms with E-state index in [4.69, 9.17) is 11.6 Å². The zero-order valence-corrected chi connectivity index (χ0v) is 13.2. The van der Waals surface area contributed by atoms with Crippen LogP contribution < -0.4 is 5.32 Å². The molecule has 1 aromatic rings. The number of nitrogens with zero attached hydrogens (tertiary/aromatic N) is 1. The SMILES string of the molecule is CCCN(CCC)CC(=O)NCCc1cccc(Cl)c1. The number of rotatable bonds is 9. The largest absolute Gasteiger partial charge is 0.355 e. The van der Waals surface area contributed by atoms with Crippen LogP contribution in [0.3, 0.4) is 0 Å². The van der Waals surface area contributed by atoms with E-state index < -0.39 is 0 Å². The third kappa shape index (κ3) is 6.92. The van der Waals surface area contributed by atoms with E-state index in [9.17, 15) is 4.79 Å². The Labute approximate surface area is 127 Å². The van der Waals surface area contributed by atoms with Gasteiger partial charge in [-0.05, 0) is 50.0 Å². The molecule has 0 fully saturated rings. The molecule has 0 aliphatic heterocycles. The Bertz CT molecular complexity index is 403. The third-order valence-electron chi connectivity index (χ3n) is 3.07. The Morgan fingerprint density at radius 1 is 1.25 bits per heavy atom. The molecule has 0 heterocycles. The first-order valence-electron chi connectivity index (χ1n) is 7.39. The number of hydrogen-bond donors (Lipinski definition) is 1. The van der Waals surface area contributed by atoms with Gasteiger partial charge in [0.1, 0.15) is 0 Å². The molecular weight excluding hydrogens is 272 g/mol. The summed E-state index contributed by atoms with van der Waals surface area (Å²) in [7, 11) is 0. The maximum atomic E-state index is 11.9. The predicted molar refractivity (Wildman–Crippen MR) is 85.2 cm³/mol. The van der Waals surface area contributed by atoms with Crippen molar-refractivity contribution in [3.63, 3.8) is 0 Å². The zero-order chi connectivity index (χ0) is 14.8. The molecule has 0 saturated carbocycles. The minimum Gasteiger partial charge on any atom is -0.355 e. The van der Waals surface area contributed by atoms with Crippen molar-refractivity contribution >= 4 is 17.5 Å². The molecule has 1 aromatic carbocycles. The first kappa shape index (κ1) is 17.0. The number of carbonyl (C=O) groups is 1. The molecule has 0 atom stereocenters. The summed E-state index contributed by atoms with van der Waals surface area (Å²) in [5, 5.41) is 3.72. The van der Waals surface area contributed by atoms with Gasteiger partial charge >= 0.3 is 0 Å². The van der Waals surface area contributed by atoms with Gasteiger partial charge < -0.3 is 5.32 Å². The zero-order valence-electron chi connectivity index (χ0n) is 12.5. The van der Waals surface area contributed by atoms with Crippen molar-refractivity contribution in [1.29, 1.82) is 0 Å². The van der Waals surface area contributed by atoms with Crippen molar-refractivity contribution in [1.82, 2.24) is 10.2 Å². The van der Waals surface area contributed by atoms with Crippen molar-refractivity contribution in [2.24, 2.45) is 0 Å². The number of nitrogens with one attached hydrogen (secondary N) is 1. The Kier molecular flexibility index (Phi) is 8.31. The quantitative estimate of drug-likeness (QED) is 0.759. The number of carbonyl (C=O) groups excluding carboxylic acids is 1. The second-order valence-corrected chi connectivity index (χ2v) is 5.44. The lowest BCUT2D eigenvalue weighted by Gasteiger charge is -2.20. The molecular formula is C16H25ClN2O. The molecule has 0 aliphatic rings. The minimum atomic E-state index is 0.105. The molecule has 20 heavy (non-hydrogen) atoms.